The van der Waals surface area contributed by atoms with Crippen LogP contribution in [0.3, 0.4) is 0 Å². The third kappa shape index (κ3) is 2.69. The predicted octanol–water partition coefficient (Wildman–Crippen LogP) is 0.868. The number of nitrogens with one attached hydrogen (secondary N) is 1. The first-order valence-electron chi connectivity index (χ1n) is 5.30. The van der Waals surface area contributed by atoms with Crippen LogP contribution in [-0.4, -0.2) is 36.4 Å². The molecule has 2 N–H and O–H groups in total. The summed E-state index contributed by atoms with van der Waals surface area (Å²) in [5.74, 6) is -0.857. The van der Waals surface area contributed by atoms with Gasteiger partial charge in [-0.2, -0.15) is 0 Å². The molecule has 4 nitrogen and oxygen atoms in total. The number of phenols is 1. The second kappa shape index (κ2) is 5.25. The molecule has 1 aliphatic heterocycles. The van der Waals surface area contributed by atoms with E-state index < -0.39 is 5.82 Å². The van der Waals surface area contributed by atoms with Crippen molar-refractivity contribution in [2.45, 2.75) is 6.54 Å². The number of halogens is 1. The number of hydrogen-bond donors (Lipinski definition) is 2. The van der Waals surface area contributed by atoms with E-state index in [1.165, 1.54) is 6.07 Å². The molecule has 1 aliphatic rings. The second-order valence-corrected chi connectivity index (χ2v) is 3.68. The Hall–Kier alpha value is -1.17. The Labute approximate surface area is 93.6 Å². The Balaban J connectivity index is 1.91. The molecule has 0 amide bonds. The van der Waals surface area contributed by atoms with E-state index in [2.05, 4.69) is 5.43 Å². The summed E-state index contributed by atoms with van der Waals surface area (Å²) in [7, 11) is 0. The van der Waals surface area contributed by atoms with Gasteiger partial charge >= 0.3 is 0 Å². The lowest BCUT2D eigenvalue weighted by Gasteiger charge is -2.27. The molecule has 0 aliphatic carbocycles. The first-order valence-corrected chi connectivity index (χ1v) is 5.30. The van der Waals surface area contributed by atoms with Gasteiger partial charge in [0.05, 0.1) is 13.2 Å². The maximum atomic E-state index is 13.0. The lowest BCUT2D eigenvalue weighted by molar-refractivity contribution is 0.0104. The smallest absolute Gasteiger partial charge is 0.165 e. The van der Waals surface area contributed by atoms with Gasteiger partial charge in [-0.1, -0.05) is 12.1 Å². The number of hydrazine groups is 1. The van der Waals surface area contributed by atoms with Gasteiger partial charge in [0.15, 0.2) is 11.6 Å². The molecule has 5 heteroatoms. The predicted molar refractivity (Wildman–Crippen MR) is 57.3 cm³/mol. The number of hydrogen-bond acceptors (Lipinski definition) is 4. The van der Waals surface area contributed by atoms with Gasteiger partial charge in [-0.05, 0) is 6.07 Å². The van der Waals surface area contributed by atoms with Crippen LogP contribution in [-0.2, 0) is 11.3 Å². The summed E-state index contributed by atoms with van der Waals surface area (Å²) in [4.78, 5) is 0. The molecule has 0 unspecified atom stereocenters. The third-order valence-electron chi connectivity index (χ3n) is 2.57. The first-order chi connectivity index (χ1) is 7.77. The zero-order valence-electron chi connectivity index (χ0n) is 8.95. The SMILES string of the molecule is Oc1c(F)cccc1CNN1CCOCC1. The van der Waals surface area contributed by atoms with E-state index in [0.29, 0.717) is 25.3 Å². The van der Waals surface area contributed by atoms with E-state index >= 15 is 0 Å². The van der Waals surface area contributed by atoms with Crippen molar-refractivity contribution in [1.29, 1.82) is 0 Å². The molecule has 1 aromatic rings. The highest BCUT2D eigenvalue weighted by atomic mass is 19.1. The summed E-state index contributed by atoms with van der Waals surface area (Å²) in [5.41, 5.74) is 3.69. The van der Waals surface area contributed by atoms with E-state index in [-0.39, 0.29) is 5.75 Å². The van der Waals surface area contributed by atoms with Crippen molar-refractivity contribution in [2.75, 3.05) is 26.3 Å². The number of aromatic hydroxyl groups is 1. The largest absolute Gasteiger partial charge is 0.505 e. The standard InChI is InChI=1S/C11H15FN2O2/c12-10-3-1-2-9(11(10)15)8-13-14-4-6-16-7-5-14/h1-3,13,15H,4-8H2. The maximum absolute atomic E-state index is 13.0. The van der Waals surface area contributed by atoms with Gasteiger partial charge in [-0.3, -0.25) is 5.43 Å². The highest BCUT2D eigenvalue weighted by Gasteiger charge is 2.11. The minimum atomic E-state index is -0.582. The molecule has 0 bridgehead atoms. The molecule has 0 aromatic heterocycles. The van der Waals surface area contributed by atoms with Crippen molar-refractivity contribution in [3.63, 3.8) is 0 Å². The number of para-hydroxylation sites is 1. The summed E-state index contributed by atoms with van der Waals surface area (Å²) in [6.45, 7) is 3.42. The Kier molecular flexibility index (Phi) is 3.71. The number of rotatable bonds is 3. The molecule has 16 heavy (non-hydrogen) atoms. The summed E-state index contributed by atoms with van der Waals surface area (Å²) in [6.07, 6.45) is 0. The molecule has 1 heterocycles. The molecule has 2 rings (SSSR count). The highest BCUT2D eigenvalue weighted by Crippen LogP contribution is 2.20. The third-order valence-corrected chi connectivity index (χ3v) is 2.57. The quantitative estimate of drug-likeness (QED) is 0.802. The molecule has 1 fully saturated rings. The van der Waals surface area contributed by atoms with Gasteiger partial charge in [-0.15, -0.1) is 0 Å². The van der Waals surface area contributed by atoms with Crippen LogP contribution in [0.4, 0.5) is 4.39 Å². The first kappa shape index (κ1) is 11.3. The Morgan fingerprint density at radius 1 is 1.38 bits per heavy atom. The molecule has 0 radical (unpaired) electrons. The molecular formula is C11H15FN2O2. The highest BCUT2D eigenvalue weighted by molar-refractivity contribution is 5.33. The molecule has 88 valence electrons. The zero-order chi connectivity index (χ0) is 11.4. The zero-order valence-corrected chi connectivity index (χ0v) is 8.95. The van der Waals surface area contributed by atoms with Crippen molar-refractivity contribution in [1.82, 2.24) is 10.4 Å². The normalized spacial score (nSPS) is 17.6. The van der Waals surface area contributed by atoms with E-state index in [9.17, 15) is 9.50 Å². The van der Waals surface area contributed by atoms with Crippen molar-refractivity contribution in [3.05, 3.63) is 29.6 Å². The fourth-order valence-electron chi connectivity index (χ4n) is 1.62. The number of phenolic OH excluding ortho intramolecular Hbond substituents is 1. The van der Waals surface area contributed by atoms with E-state index in [0.717, 1.165) is 13.1 Å². The summed E-state index contributed by atoms with van der Waals surface area (Å²) in [6, 6.07) is 4.53. The van der Waals surface area contributed by atoms with Gasteiger partial charge in [0.25, 0.3) is 0 Å². The Morgan fingerprint density at radius 2 is 2.12 bits per heavy atom. The molecular weight excluding hydrogens is 211 g/mol. The van der Waals surface area contributed by atoms with Crippen LogP contribution in [0.5, 0.6) is 5.75 Å². The van der Waals surface area contributed by atoms with Crippen LogP contribution in [0.25, 0.3) is 0 Å². The molecule has 0 spiro atoms. The minimum absolute atomic E-state index is 0.275. The average Bonchev–Trinajstić information content (AvgIpc) is 2.32. The van der Waals surface area contributed by atoms with E-state index in [1.54, 1.807) is 12.1 Å². The molecule has 0 saturated carbocycles. The fourth-order valence-corrected chi connectivity index (χ4v) is 1.62. The van der Waals surface area contributed by atoms with Gasteiger partial charge in [-0.25, -0.2) is 9.40 Å². The minimum Gasteiger partial charge on any atom is -0.505 e. The van der Waals surface area contributed by atoms with Gasteiger partial charge < -0.3 is 9.84 Å². The lowest BCUT2D eigenvalue weighted by Crippen LogP contribution is -2.45. The monoisotopic (exact) mass is 226 g/mol. The van der Waals surface area contributed by atoms with Crippen molar-refractivity contribution >= 4 is 0 Å². The lowest BCUT2D eigenvalue weighted by atomic mass is 10.2. The van der Waals surface area contributed by atoms with Crippen LogP contribution < -0.4 is 5.43 Å². The summed E-state index contributed by atoms with van der Waals surface area (Å²) >= 11 is 0. The van der Waals surface area contributed by atoms with Crippen molar-refractivity contribution in [3.8, 4) is 5.75 Å². The van der Waals surface area contributed by atoms with E-state index in [4.69, 9.17) is 4.74 Å². The molecule has 1 saturated heterocycles. The number of benzene rings is 1. The topological polar surface area (TPSA) is 44.7 Å². The van der Waals surface area contributed by atoms with Crippen LogP contribution in [0.1, 0.15) is 5.56 Å². The van der Waals surface area contributed by atoms with Crippen LogP contribution >= 0.6 is 0 Å². The fraction of sp³-hybridized carbons (Fsp3) is 0.455. The van der Waals surface area contributed by atoms with Crippen LogP contribution in [0.2, 0.25) is 0 Å². The molecule has 1 aromatic carbocycles. The van der Waals surface area contributed by atoms with Crippen LogP contribution in [0, 0.1) is 5.82 Å². The summed E-state index contributed by atoms with van der Waals surface area (Å²) in [5, 5.41) is 11.5. The average molecular weight is 226 g/mol. The molecule has 0 atom stereocenters. The number of nitrogens with zero attached hydrogens (tertiary/aromatic N) is 1. The number of ether oxygens (including phenoxy) is 1. The maximum Gasteiger partial charge on any atom is 0.165 e. The Bertz CT molecular complexity index is 354. The van der Waals surface area contributed by atoms with Crippen LogP contribution in [0.15, 0.2) is 18.2 Å². The summed E-state index contributed by atoms with van der Waals surface area (Å²) < 4.78 is 18.2. The number of morpholine rings is 1. The van der Waals surface area contributed by atoms with Gasteiger partial charge in [0.1, 0.15) is 0 Å². The Morgan fingerprint density at radius 3 is 2.88 bits per heavy atom. The van der Waals surface area contributed by atoms with Crippen molar-refractivity contribution < 1.29 is 14.2 Å². The van der Waals surface area contributed by atoms with Crippen molar-refractivity contribution in [2.24, 2.45) is 0 Å². The van der Waals surface area contributed by atoms with E-state index in [1.807, 2.05) is 5.01 Å². The second-order valence-electron chi connectivity index (χ2n) is 3.68. The van der Waals surface area contributed by atoms with Gasteiger partial charge in [0.2, 0.25) is 0 Å². The van der Waals surface area contributed by atoms with Gasteiger partial charge in [0, 0.05) is 25.2 Å².